The van der Waals surface area contributed by atoms with Gasteiger partial charge in [-0.25, -0.2) is 13.4 Å². The number of hydrogen-bond acceptors (Lipinski definition) is 6. The Morgan fingerprint density at radius 1 is 1.32 bits per heavy atom. The highest BCUT2D eigenvalue weighted by atomic mass is 32.2. The number of sulfone groups is 1. The number of oxazole rings is 1. The van der Waals surface area contributed by atoms with E-state index in [1.165, 1.54) is 0 Å². The summed E-state index contributed by atoms with van der Waals surface area (Å²) in [4.78, 5) is 15.8. The molecule has 1 aromatic carbocycles. The zero-order valence-electron chi connectivity index (χ0n) is 14.7. The molecular formula is C17H17F3N2O5S. The molecule has 152 valence electrons. The van der Waals surface area contributed by atoms with Crippen molar-refractivity contribution in [2.75, 3.05) is 12.9 Å². The third-order valence-electron chi connectivity index (χ3n) is 4.21. The molecule has 1 saturated heterocycles. The van der Waals surface area contributed by atoms with Crippen LogP contribution in [0.25, 0.3) is 0 Å². The van der Waals surface area contributed by atoms with Gasteiger partial charge in [0.1, 0.15) is 6.10 Å². The average Bonchev–Trinajstić information content (AvgIpc) is 3.28. The maximum absolute atomic E-state index is 13.1. The fourth-order valence-corrected chi connectivity index (χ4v) is 3.55. The third kappa shape index (κ3) is 4.53. The molecule has 28 heavy (non-hydrogen) atoms. The van der Waals surface area contributed by atoms with Crippen molar-refractivity contribution in [3.8, 4) is 0 Å². The molecule has 1 aliphatic heterocycles. The number of rotatable bonds is 5. The molecule has 0 bridgehead atoms. The van der Waals surface area contributed by atoms with Crippen molar-refractivity contribution in [2.24, 2.45) is 0 Å². The van der Waals surface area contributed by atoms with Crippen molar-refractivity contribution in [3.05, 3.63) is 47.2 Å². The van der Waals surface area contributed by atoms with Gasteiger partial charge in [0, 0.05) is 19.4 Å². The molecule has 0 spiro atoms. The van der Waals surface area contributed by atoms with E-state index in [0.717, 1.165) is 31.2 Å². The van der Waals surface area contributed by atoms with Gasteiger partial charge in [0.25, 0.3) is 5.91 Å². The quantitative estimate of drug-likeness (QED) is 0.802. The van der Waals surface area contributed by atoms with Gasteiger partial charge in [-0.15, -0.1) is 0 Å². The van der Waals surface area contributed by atoms with E-state index >= 15 is 0 Å². The van der Waals surface area contributed by atoms with Crippen molar-refractivity contribution in [3.63, 3.8) is 0 Å². The average molecular weight is 418 g/mol. The number of hydrogen-bond donors (Lipinski definition) is 1. The Hall–Kier alpha value is -2.40. The number of carbonyl (C=O) groups excluding carboxylic acids is 1. The van der Waals surface area contributed by atoms with Gasteiger partial charge in [-0.05, 0) is 36.6 Å². The normalized spacial score (nSPS) is 17.6. The van der Waals surface area contributed by atoms with Crippen LogP contribution in [-0.4, -0.2) is 32.2 Å². The smallest absolute Gasteiger partial charge is 0.416 e. The number of benzene rings is 1. The second kappa shape index (κ2) is 7.55. The molecule has 1 amide bonds. The lowest BCUT2D eigenvalue weighted by Gasteiger charge is -2.12. The highest BCUT2D eigenvalue weighted by molar-refractivity contribution is 7.90. The predicted octanol–water partition coefficient (Wildman–Crippen LogP) is 2.88. The highest BCUT2D eigenvalue weighted by Gasteiger charge is 2.32. The topological polar surface area (TPSA) is 98.5 Å². The van der Waals surface area contributed by atoms with E-state index in [1.807, 2.05) is 0 Å². The largest absolute Gasteiger partial charge is 0.445 e. The van der Waals surface area contributed by atoms with Crippen molar-refractivity contribution < 1.29 is 35.5 Å². The van der Waals surface area contributed by atoms with Crippen LogP contribution >= 0.6 is 0 Å². The van der Waals surface area contributed by atoms with Gasteiger partial charge >= 0.3 is 6.18 Å². The molecule has 7 nitrogen and oxygen atoms in total. The Balaban J connectivity index is 1.81. The van der Waals surface area contributed by atoms with Crippen LogP contribution in [0.1, 0.15) is 46.3 Å². The first-order valence-electron chi connectivity index (χ1n) is 8.30. The van der Waals surface area contributed by atoms with Crippen LogP contribution in [0.15, 0.2) is 33.9 Å². The van der Waals surface area contributed by atoms with Crippen LogP contribution < -0.4 is 5.32 Å². The summed E-state index contributed by atoms with van der Waals surface area (Å²) in [5, 5.41) is 2.44. The lowest BCUT2D eigenvalue weighted by atomic mass is 10.1. The fourth-order valence-electron chi connectivity index (χ4n) is 2.85. The number of halogens is 3. The third-order valence-corrected chi connectivity index (χ3v) is 5.30. The number of nitrogens with zero attached hydrogens (tertiary/aromatic N) is 1. The molecule has 1 atom stereocenters. The van der Waals surface area contributed by atoms with E-state index in [9.17, 15) is 26.4 Å². The van der Waals surface area contributed by atoms with Crippen LogP contribution in [-0.2, 0) is 27.3 Å². The minimum atomic E-state index is -4.72. The summed E-state index contributed by atoms with van der Waals surface area (Å²) in [5.41, 5.74) is -1.13. The standard InChI is InChI=1S/C17H17F3N2O5S/c1-28(24,25)12-6-10(5-11(7-12)17(18,19)20)8-21-16(23)14-15(27-9-22-14)13-3-2-4-26-13/h5-7,9,13H,2-4,8H2,1H3,(H,21,23). The summed E-state index contributed by atoms with van der Waals surface area (Å²) in [5.74, 6) is -0.395. The van der Waals surface area contributed by atoms with E-state index in [1.54, 1.807) is 0 Å². The SMILES string of the molecule is CS(=O)(=O)c1cc(CNC(=O)c2ncoc2C2CCCO2)cc(C(F)(F)F)c1. The van der Waals surface area contributed by atoms with Crippen LogP contribution in [0, 0.1) is 0 Å². The van der Waals surface area contributed by atoms with Gasteiger partial charge in [-0.2, -0.15) is 13.2 Å². The highest BCUT2D eigenvalue weighted by Crippen LogP contribution is 2.32. The van der Waals surface area contributed by atoms with E-state index in [-0.39, 0.29) is 23.6 Å². The van der Waals surface area contributed by atoms with Crippen LogP contribution in [0.4, 0.5) is 13.2 Å². The van der Waals surface area contributed by atoms with Gasteiger partial charge in [0.15, 0.2) is 27.7 Å². The molecule has 1 aliphatic rings. The molecule has 1 N–H and O–H groups in total. The summed E-state index contributed by atoms with van der Waals surface area (Å²) >= 11 is 0. The minimum absolute atomic E-state index is 0.00855. The van der Waals surface area contributed by atoms with Crippen LogP contribution in [0.3, 0.4) is 0 Å². The Morgan fingerprint density at radius 2 is 2.07 bits per heavy atom. The van der Waals surface area contributed by atoms with Crippen molar-refractivity contribution in [1.29, 1.82) is 0 Å². The lowest BCUT2D eigenvalue weighted by Crippen LogP contribution is -2.25. The van der Waals surface area contributed by atoms with E-state index < -0.39 is 38.5 Å². The summed E-state index contributed by atoms with van der Waals surface area (Å²) in [7, 11) is -3.86. The van der Waals surface area contributed by atoms with Crippen LogP contribution in [0.5, 0.6) is 0 Å². The Kier molecular flexibility index (Phi) is 5.48. The van der Waals surface area contributed by atoms with Gasteiger partial charge in [-0.3, -0.25) is 4.79 Å². The summed E-state index contributed by atoms with van der Waals surface area (Å²) in [6.45, 7) is 0.216. The Morgan fingerprint density at radius 3 is 2.68 bits per heavy atom. The molecule has 1 aromatic heterocycles. The number of amides is 1. The molecule has 0 saturated carbocycles. The maximum Gasteiger partial charge on any atom is 0.416 e. The molecule has 0 radical (unpaired) electrons. The number of alkyl halides is 3. The van der Waals surface area contributed by atoms with Crippen LogP contribution in [0.2, 0.25) is 0 Å². The van der Waals surface area contributed by atoms with E-state index in [2.05, 4.69) is 10.3 Å². The Bertz CT molecular complexity index is 979. The predicted molar refractivity (Wildman–Crippen MR) is 90.2 cm³/mol. The van der Waals surface area contributed by atoms with E-state index in [0.29, 0.717) is 19.1 Å². The first-order chi connectivity index (χ1) is 13.1. The number of aromatic nitrogens is 1. The summed E-state index contributed by atoms with van der Waals surface area (Å²) in [6.07, 6.45) is -1.73. The molecule has 1 fully saturated rings. The monoisotopic (exact) mass is 418 g/mol. The van der Waals surface area contributed by atoms with Gasteiger partial charge in [-0.1, -0.05) is 0 Å². The minimum Gasteiger partial charge on any atom is -0.445 e. The van der Waals surface area contributed by atoms with Crippen molar-refractivity contribution in [2.45, 2.75) is 36.6 Å². The second-order valence-electron chi connectivity index (χ2n) is 6.39. The lowest BCUT2D eigenvalue weighted by molar-refractivity contribution is -0.137. The first kappa shape index (κ1) is 20.3. The summed E-state index contributed by atoms with van der Waals surface area (Å²) < 4.78 is 73.3. The Labute approximate surface area is 158 Å². The zero-order valence-corrected chi connectivity index (χ0v) is 15.6. The molecule has 2 aromatic rings. The second-order valence-corrected chi connectivity index (χ2v) is 8.40. The molecule has 0 aliphatic carbocycles. The van der Waals surface area contributed by atoms with Crippen molar-refractivity contribution >= 4 is 15.7 Å². The van der Waals surface area contributed by atoms with Gasteiger partial charge in [0.05, 0.1) is 10.5 Å². The first-order valence-corrected chi connectivity index (χ1v) is 10.2. The molecular weight excluding hydrogens is 401 g/mol. The maximum atomic E-state index is 13.1. The van der Waals surface area contributed by atoms with Gasteiger partial charge < -0.3 is 14.5 Å². The fraction of sp³-hybridized carbons (Fsp3) is 0.412. The van der Waals surface area contributed by atoms with E-state index in [4.69, 9.17) is 9.15 Å². The zero-order chi connectivity index (χ0) is 20.5. The molecule has 1 unspecified atom stereocenters. The van der Waals surface area contributed by atoms with Gasteiger partial charge in [0.2, 0.25) is 0 Å². The summed E-state index contributed by atoms with van der Waals surface area (Å²) in [6, 6.07) is 2.45. The molecule has 3 rings (SSSR count). The van der Waals surface area contributed by atoms with Crippen molar-refractivity contribution in [1.82, 2.24) is 10.3 Å². The number of ether oxygens (including phenoxy) is 1. The number of carbonyl (C=O) groups is 1. The molecule has 11 heteroatoms. The number of nitrogens with one attached hydrogen (secondary N) is 1. The molecule has 2 heterocycles.